The van der Waals surface area contributed by atoms with Crippen LogP contribution in [0.15, 0.2) is 35.4 Å². The third-order valence-electron chi connectivity index (χ3n) is 3.50. The molecule has 0 atom stereocenters. The zero-order chi connectivity index (χ0) is 15.8. The van der Waals surface area contributed by atoms with Crippen LogP contribution >= 0.6 is 0 Å². The highest BCUT2D eigenvalue weighted by molar-refractivity contribution is 6.08. The molecule has 0 spiro atoms. The minimum Gasteiger partial charge on any atom is -0.478 e. The summed E-state index contributed by atoms with van der Waals surface area (Å²) in [6, 6.07) is 7.69. The number of hydrogen-bond donors (Lipinski definition) is 2. The molecule has 0 saturated carbocycles. The van der Waals surface area contributed by atoms with Gasteiger partial charge in [-0.3, -0.25) is 4.79 Å². The van der Waals surface area contributed by atoms with Gasteiger partial charge in [0, 0.05) is 16.8 Å². The molecule has 0 fully saturated rings. The number of rotatable bonds is 7. The molecular formula is C17H23NO3. The SMILES string of the molecule is CCCCCc1ccc(NC(=O)C(C)=C(C)C(=O)O)cc1. The van der Waals surface area contributed by atoms with Crippen molar-refractivity contribution < 1.29 is 14.7 Å². The van der Waals surface area contributed by atoms with Crippen LogP contribution in [0.5, 0.6) is 0 Å². The van der Waals surface area contributed by atoms with Gasteiger partial charge >= 0.3 is 5.97 Å². The second-order valence-electron chi connectivity index (χ2n) is 5.16. The molecular weight excluding hydrogens is 266 g/mol. The van der Waals surface area contributed by atoms with Crippen molar-refractivity contribution in [3.05, 3.63) is 41.0 Å². The molecule has 4 nitrogen and oxygen atoms in total. The number of carboxylic acid groups (broad SMARTS) is 1. The van der Waals surface area contributed by atoms with E-state index in [0.29, 0.717) is 5.69 Å². The average Bonchev–Trinajstić information content (AvgIpc) is 2.47. The zero-order valence-corrected chi connectivity index (χ0v) is 12.9. The molecule has 1 aromatic carbocycles. The first-order chi connectivity index (χ1) is 9.95. The minimum absolute atomic E-state index is 0.0590. The van der Waals surface area contributed by atoms with Gasteiger partial charge in [0.1, 0.15) is 0 Å². The molecule has 1 rings (SSSR count). The number of carboxylic acids is 1. The summed E-state index contributed by atoms with van der Waals surface area (Å²) >= 11 is 0. The van der Waals surface area contributed by atoms with Crippen molar-refractivity contribution in [1.29, 1.82) is 0 Å². The summed E-state index contributed by atoms with van der Waals surface area (Å²) in [5.41, 5.74) is 2.20. The number of carbonyl (C=O) groups is 2. The fraction of sp³-hybridized carbons (Fsp3) is 0.412. The van der Waals surface area contributed by atoms with E-state index in [1.54, 1.807) is 0 Å². The molecule has 0 saturated heterocycles. The summed E-state index contributed by atoms with van der Waals surface area (Å²) in [7, 11) is 0. The van der Waals surface area contributed by atoms with Crippen molar-refractivity contribution in [3.8, 4) is 0 Å². The van der Waals surface area contributed by atoms with E-state index in [2.05, 4.69) is 12.2 Å². The van der Waals surface area contributed by atoms with Crippen LogP contribution in [0.1, 0.15) is 45.6 Å². The van der Waals surface area contributed by atoms with Crippen molar-refractivity contribution in [2.24, 2.45) is 0 Å². The number of amides is 1. The summed E-state index contributed by atoms with van der Waals surface area (Å²) in [6.07, 6.45) is 4.63. The van der Waals surface area contributed by atoms with E-state index in [9.17, 15) is 9.59 Å². The molecule has 0 aromatic heterocycles. The molecule has 4 heteroatoms. The lowest BCUT2D eigenvalue weighted by Crippen LogP contribution is -2.16. The minimum atomic E-state index is -1.08. The standard InChI is InChI=1S/C17H23NO3/c1-4-5-6-7-14-8-10-15(11-9-14)18-16(19)12(2)13(3)17(20)21/h8-11H,4-7H2,1-3H3,(H,18,19)(H,20,21). The summed E-state index contributed by atoms with van der Waals surface area (Å²) < 4.78 is 0. The first kappa shape index (κ1) is 17.0. The molecule has 0 unspecified atom stereocenters. The second-order valence-corrected chi connectivity index (χ2v) is 5.16. The lowest BCUT2D eigenvalue weighted by atomic mass is 10.1. The molecule has 0 aliphatic rings. The summed E-state index contributed by atoms with van der Waals surface area (Å²) in [4.78, 5) is 22.8. The molecule has 0 radical (unpaired) electrons. The Morgan fingerprint density at radius 3 is 2.19 bits per heavy atom. The molecule has 0 aliphatic heterocycles. The number of benzene rings is 1. The number of carbonyl (C=O) groups excluding carboxylic acids is 1. The fourth-order valence-corrected chi connectivity index (χ4v) is 1.89. The van der Waals surface area contributed by atoms with E-state index in [0.717, 1.165) is 6.42 Å². The molecule has 21 heavy (non-hydrogen) atoms. The van der Waals surface area contributed by atoms with E-state index in [4.69, 9.17) is 5.11 Å². The Morgan fingerprint density at radius 2 is 1.67 bits per heavy atom. The van der Waals surface area contributed by atoms with Gasteiger partial charge in [-0.2, -0.15) is 0 Å². The van der Waals surface area contributed by atoms with Crippen LogP contribution in [0.2, 0.25) is 0 Å². The third kappa shape index (κ3) is 5.42. The number of nitrogens with one attached hydrogen (secondary N) is 1. The van der Waals surface area contributed by atoms with Gasteiger partial charge in [-0.1, -0.05) is 31.9 Å². The van der Waals surface area contributed by atoms with Gasteiger partial charge in [0.2, 0.25) is 0 Å². The van der Waals surface area contributed by atoms with Gasteiger partial charge in [-0.25, -0.2) is 4.79 Å². The van der Waals surface area contributed by atoms with Crippen LogP contribution in [-0.4, -0.2) is 17.0 Å². The van der Waals surface area contributed by atoms with Crippen molar-refractivity contribution in [3.63, 3.8) is 0 Å². The van der Waals surface area contributed by atoms with E-state index < -0.39 is 5.97 Å². The zero-order valence-electron chi connectivity index (χ0n) is 12.9. The number of aliphatic carboxylic acids is 1. The van der Waals surface area contributed by atoms with Gasteiger partial charge in [0.15, 0.2) is 0 Å². The summed E-state index contributed by atoms with van der Waals surface area (Å²) in [5.74, 6) is -1.46. The fourth-order valence-electron chi connectivity index (χ4n) is 1.89. The molecule has 0 aliphatic carbocycles. The lowest BCUT2D eigenvalue weighted by Gasteiger charge is -2.08. The van der Waals surface area contributed by atoms with Crippen LogP contribution in [-0.2, 0) is 16.0 Å². The summed E-state index contributed by atoms with van der Waals surface area (Å²) in [6.45, 7) is 5.11. The van der Waals surface area contributed by atoms with Crippen molar-refractivity contribution in [2.75, 3.05) is 5.32 Å². The maximum Gasteiger partial charge on any atom is 0.331 e. The highest BCUT2D eigenvalue weighted by atomic mass is 16.4. The Bertz CT molecular complexity index is 529. The number of anilines is 1. The topological polar surface area (TPSA) is 66.4 Å². The van der Waals surface area contributed by atoms with Crippen LogP contribution in [0.3, 0.4) is 0 Å². The van der Waals surface area contributed by atoms with Crippen LogP contribution < -0.4 is 5.32 Å². The van der Waals surface area contributed by atoms with Crippen LogP contribution in [0.25, 0.3) is 0 Å². The maximum atomic E-state index is 11.9. The van der Waals surface area contributed by atoms with E-state index in [1.165, 1.54) is 38.7 Å². The quantitative estimate of drug-likeness (QED) is 0.593. The Hall–Kier alpha value is -2.10. The van der Waals surface area contributed by atoms with Crippen LogP contribution in [0, 0.1) is 0 Å². The van der Waals surface area contributed by atoms with Gasteiger partial charge in [0.05, 0.1) is 0 Å². The smallest absolute Gasteiger partial charge is 0.331 e. The lowest BCUT2D eigenvalue weighted by molar-refractivity contribution is -0.133. The number of aryl methyl sites for hydroxylation is 1. The van der Waals surface area contributed by atoms with Gasteiger partial charge in [-0.05, 0) is 44.4 Å². The molecule has 0 heterocycles. The summed E-state index contributed by atoms with van der Waals surface area (Å²) in [5, 5.41) is 11.6. The van der Waals surface area contributed by atoms with Gasteiger partial charge in [-0.15, -0.1) is 0 Å². The predicted octanol–water partition coefficient (Wildman–Crippen LogP) is 3.78. The molecule has 114 valence electrons. The Labute approximate surface area is 125 Å². The normalized spacial score (nSPS) is 11.8. The van der Waals surface area contributed by atoms with Crippen LogP contribution in [0.4, 0.5) is 5.69 Å². The third-order valence-corrected chi connectivity index (χ3v) is 3.50. The predicted molar refractivity (Wildman–Crippen MR) is 84.3 cm³/mol. The van der Waals surface area contributed by atoms with E-state index in [1.807, 2.05) is 24.3 Å². The largest absolute Gasteiger partial charge is 0.478 e. The average molecular weight is 289 g/mol. The number of hydrogen-bond acceptors (Lipinski definition) is 2. The van der Waals surface area contributed by atoms with Crippen molar-refractivity contribution in [2.45, 2.75) is 46.5 Å². The Kier molecular flexibility index (Phi) is 6.66. The molecule has 0 bridgehead atoms. The van der Waals surface area contributed by atoms with Crippen molar-refractivity contribution in [1.82, 2.24) is 0 Å². The van der Waals surface area contributed by atoms with E-state index >= 15 is 0 Å². The van der Waals surface area contributed by atoms with Gasteiger partial charge in [0.25, 0.3) is 5.91 Å². The first-order valence-electron chi connectivity index (χ1n) is 7.26. The second kappa shape index (κ2) is 8.25. The molecule has 1 aromatic rings. The Balaban J connectivity index is 2.65. The highest BCUT2D eigenvalue weighted by Gasteiger charge is 2.12. The Morgan fingerprint density at radius 1 is 1.05 bits per heavy atom. The number of unbranched alkanes of at least 4 members (excludes halogenated alkanes) is 2. The molecule has 1 amide bonds. The van der Waals surface area contributed by atoms with Gasteiger partial charge < -0.3 is 10.4 Å². The monoisotopic (exact) mass is 289 g/mol. The molecule has 2 N–H and O–H groups in total. The first-order valence-corrected chi connectivity index (χ1v) is 7.26. The highest BCUT2D eigenvalue weighted by Crippen LogP contribution is 2.14. The van der Waals surface area contributed by atoms with E-state index in [-0.39, 0.29) is 17.1 Å². The maximum absolute atomic E-state index is 11.9. The van der Waals surface area contributed by atoms with Crippen molar-refractivity contribution >= 4 is 17.6 Å².